The molecular formula is C58H63ClFN21O3. The molecule has 0 spiro atoms. The third-order valence-corrected chi connectivity index (χ3v) is 13.1. The highest BCUT2D eigenvalue weighted by atomic mass is 35.5. The van der Waals surface area contributed by atoms with Crippen molar-refractivity contribution in [2.75, 3.05) is 48.5 Å². The average Bonchev–Trinajstić information content (AvgIpc) is 2.50. The zero-order valence-electron chi connectivity index (χ0n) is 48.1. The monoisotopic (exact) mass is 1160 g/mol. The van der Waals surface area contributed by atoms with E-state index < -0.39 is 5.82 Å². The van der Waals surface area contributed by atoms with Crippen LogP contribution in [0, 0.1) is 5.82 Å². The van der Waals surface area contributed by atoms with Crippen molar-refractivity contribution in [3.63, 3.8) is 0 Å². The molecule has 0 atom stereocenters. The summed E-state index contributed by atoms with van der Waals surface area (Å²) in [5, 5.41) is 21.2. The lowest BCUT2D eigenvalue weighted by molar-refractivity contribution is 0.242. The number of hydrogen-bond acceptors (Lipinski definition) is 20. The maximum absolute atomic E-state index is 14.3. The second-order valence-corrected chi connectivity index (χ2v) is 20.1. The molecule has 8 heterocycles. The minimum Gasteiger partial charge on any atom is -0.494 e. The molecule has 8 N–H and O–H groups in total. The Balaban J connectivity index is 0.000000134. The van der Waals surface area contributed by atoms with Gasteiger partial charge in [-0.1, -0.05) is 23.7 Å². The van der Waals surface area contributed by atoms with Crippen LogP contribution in [-0.2, 0) is 28.2 Å². The molecule has 0 aliphatic rings. The van der Waals surface area contributed by atoms with E-state index in [2.05, 4.69) is 77.3 Å². The molecule has 8 aromatic heterocycles. The molecule has 12 aromatic rings. The highest BCUT2D eigenvalue weighted by molar-refractivity contribution is 6.32. The quantitative estimate of drug-likeness (QED) is 0.0937. The molecule has 4 aromatic carbocycles. The van der Waals surface area contributed by atoms with E-state index in [-0.39, 0.29) is 18.0 Å². The maximum Gasteiger partial charge on any atom is 0.163 e. The number of anilines is 5. The number of hydrogen-bond donors (Lipinski definition) is 4. The number of ether oxygens (including phenoxy) is 3. The lowest BCUT2D eigenvalue weighted by Crippen LogP contribution is -2.08. The highest BCUT2D eigenvalue weighted by Crippen LogP contribution is 2.37. The van der Waals surface area contributed by atoms with Crippen LogP contribution in [0.5, 0.6) is 17.2 Å². The SMILES string of the molecule is CC(C)Oc1ccc(-c2nn(C)c3ncnc(N)c23)cc1Cl.CC(C)Oc1ccc(F)c(-c2nn(C)c3ncnc(N)c23)c1.CCOc1ccc(-c2nn(C)c3ncnc(N)c23)cc1.CN(C)c1cccc(-c2nn(C)c3ncnc(N)c23)c1. The van der Waals surface area contributed by atoms with E-state index in [0.29, 0.717) is 74.2 Å². The summed E-state index contributed by atoms with van der Waals surface area (Å²) in [5.74, 6) is 3.19. The number of rotatable bonds is 11. The van der Waals surface area contributed by atoms with Gasteiger partial charge in [0.05, 0.1) is 45.4 Å². The van der Waals surface area contributed by atoms with Crippen LogP contribution in [0.3, 0.4) is 0 Å². The molecule has 0 unspecified atom stereocenters. The molecule has 0 aliphatic carbocycles. The predicted molar refractivity (Wildman–Crippen MR) is 327 cm³/mol. The van der Waals surface area contributed by atoms with E-state index in [9.17, 15) is 4.39 Å². The largest absolute Gasteiger partial charge is 0.494 e. The summed E-state index contributed by atoms with van der Waals surface area (Å²) in [4.78, 5) is 35.0. The van der Waals surface area contributed by atoms with Gasteiger partial charge in [-0.3, -0.25) is 0 Å². The molecule has 0 saturated heterocycles. The summed E-state index contributed by atoms with van der Waals surface area (Å²) in [6.07, 6.45) is 5.74. The van der Waals surface area contributed by atoms with Crippen LogP contribution in [0.15, 0.2) is 110 Å². The van der Waals surface area contributed by atoms with Crippen LogP contribution in [-0.4, -0.2) is 112 Å². The Kier molecular flexibility index (Phi) is 17.2. The fraction of sp³-hybridized carbons (Fsp3) is 0.241. The van der Waals surface area contributed by atoms with Crippen molar-refractivity contribution >= 4 is 84.7 Å². The molecule has 0 bridgehead atoms. The van der Waals surface area contributed by atoms with Crippen LogP contribution >= 0.6 is 11.6 Å². The number of nitrogens with zero attached hydrogens (tertiary/aromatic N) is 17. The lowest BCUT2D eigenvalue weighted by atomic mass is 10.1. The Morgan fingerprint density at radius 1 is 0.500 bits per heavy atom. The van der Waals surface area contributed by atoms with Crippen molar-refractivity contribution in [3.8, 4) is 62.3 Å². The number of benzene rings is 4. The van der Waals surface area contributed by atoms with Crippen molar-refractivity contribution in [2.45, 2.75) is 46.8 Å². The molecule has 0 radical (unpaired) electrons. The first kappa shape index (κ1) is 58.4. The normalized spacial score (nSPS) is 11.1. The zero-order valence-corrected chi connectivity index (χ0v) is 48.9. The van der Waals surface area contributed by atoms with Crippen LogP contribution in [0.4, 0.5) is 33.3 Å². The summed E-state index contributed by atoms with van der Waals surface area (Å²) < 4.78 is 37.6. The summed E-state index contributed by atoms with van der Waals surface area (Å²) in [7, 11) is 11.3. The van der Waals surface area contributed by atoms with Gasteiger partial charge in [-0.05, 0) is 107 Å². The number of nitrogens with two attached hydrogens (primary N) is 4. The Hall–Kier alpha value is -10.3. The van der Waals surface area contributed by atoms with Crippen LogP contribution < -0.4 is 42.0 Å². The Morgan fingerprint density at radius 2 is 0.917 bits per heavy atom. The Morgan fingerprint density at radius 3 is 1.36 bits per heavy atom. The minimum absolute atomic E-state index is 0.00723. The van der Waals surface area contributed by atoms with Crippen molar-refractivity contribution in [1.82, 2.24) is 79.0 Å². The van der Waals surface area contributed by atoms with Gasteiger partial charge < -0.3 is 42.0 Å². The molecule has 0 aliphatic heterocycles. The van der Waals surface area contributed by atoms with Gasteiger partial charge >= 0.3 is 0 Å². The fourth-order valence-corrected chi connectivity index (χ4v) is 9.29. The van der Waals surface area contributed by atoms with Gasteiger partial charge in [0.1, 0.15) is 94.4 Å². The topological polar surface area (TPSA) is 309 Å². The second-order valence-electron chi connectivity index (χ2n) is 19.7. The van der Waals surface area contributed by atoms with Gasteiger partial charge in [0.2, 0.25) is 0 Å². The molecule has 0 saturated carbocycles. The van der Waals surface area contributed by atoms with Gasteiger partial charge in [0.25, 0.3) is 0 Å². The Labute approximate surface area is 487 Å². The van der Waals surface area contributed by atoms with E-state index in [1.165, 1.54) is 31.4 Å². The number of halogens is 2. The van der Waals surface area contributed by atoms with Gasteiger partial charge in [-0.2, -0.15) is 20.4 Å². The Bertz CT molecular complexity index is 4310. The van der Waals surface area contributed by atoms with Crippen molar-refractivity contribution in [1.29, 1.82) is 0 Å². The number of fused-ring (bicyclic) bond motifs is 4. The molecule has 432 valence electrons. The molecule has 24 nitrogen and oxygen atoms in total. The van der Waals surface area contributed by atoms with Crippen molar-refractivity contribution < 1.29 is 18.6 Å². The van der Waals surface area contributed by atoms with Gasteiger partial charge in [-0.25, -0.2) is 63.0 Å². The summed E-state index contributed by atoms with van der Waals surface area (Å²) in [6, 6.07) is 26.0. The van der Waals surface area contributed by atoms with Gasteiger partial charge in [0, 0.05) is 70.2 Å². The number of aryl methyl sites for hydroxylation is 4. The average molecular weight is 1160 g/mol. The highest BCUT2D eigenvalue weighted by Gasteiger charge is 2.21. The molecule has 26 heteroatoms. The van der Waals surface area contributed by atoms with Crippen molar-refractivity contribution in [2.24, 2.45) is 28.2 Å². The standard InChI is InChI=1S/C15H16ClN5O.C15H16FN5O.C14H16N6.C14H15N5O/c1-8(2)22-11-5-4-9(6-10(11)16)13-12-14(17)18-7-19-15(12)21(3)20-13;1-8(2)22-9-4-5-11(16)10(6-9)13-12-14(17)18-7-19-15(12)21(3)20-13;1-19(2)10-6-4-5-9(7-10)12-11-13(15)16-8-17-14(11)20(3)18-12;1-3-20-10-6-4-9(5-7-10)12-11-13(15)16-8-17-14(11)19(2)18-12/h2*4-8H,1-3H3,(H2,17,18,19);4-8H,1-3H3,(H2,15,16,17);4-8H,3H2,1-2H3,(H2,15,16,17). The van der Waals surface area contributed by atoms with Crippen molar-refractivity contribution in [3.05, 3.63) is 121 Å². The first-order valence-corrected chi connectivity index (χ1v) is 26.8. The second kappa shape index (κ2) is 24.8. The first-order valence-electron chi connectivity index (χ1n) is 26.4. The van der Waals surface area contributed by atoms with E-state index in [1.807, 2.05) is 124 Å². The molecule has 84 heavy (non-hydrogen) atoms. The zero-order chi connectivity index (χ0) is 60.1. The fourth-order valence-electron chi connectivity index (χ4n) is 9.07. The van der Waals surface area contributed by atoms with E-state index in [1.54, 1.807) is 37.9 Å². The molecule has 12 rings (SSSR count). The summed E-state index contributed by atoms with van der Waals surface area (Å²) in [5.41, 5.74) is 33.5. The van der Waals surface area contributed by atoms with Crippen LogP contribution in [0.25, 0.3) is 89.2 Å². The number of nitrogen functional groups attached to an aromatic ring is 4. The molecule has 0 fully saturated rings. The number of aromatic nitrogens is 16. The third-order valence-electron chi connectivity index (χ3n) is 12.8. The van der Waals surface area contributed by atoms with E-state index in [0.717, 1.165) is 67.0 Å². The van der Waals surface area contributed by atoms with E-state index in [4.69, 9.17) is 48.7 Å². The summed E-state index contributed by atoms with van der Waals surface area (Å²) >= 11 is 6.30. The first-order chi connectivity index (χ1) is 40.2. The van der Waals surface area contributed by atoms with Gasteiger partial charge in [0.15, 0.2) is 22.6 Å². The third kappa shape index (κ3) is 12.3. The maximum atomic E-state index is 14.3. The lowest BCUT2D eigenvalue weighted by Gasteiger charge is -2.13. The smallest absolute Gasteiger partial charge is 0.163 e. The molecule has 0 amide bonds. The predicted octanol–water partition coefficient (Wildman–Crippen LogP) is 9.28. The summed E-state index contributed by atoms with van der Waals surface area (Å²) in [6.45, 7) is 10.3. The van der Waals surface area contributed by atoms with E-state index >= 15 is 0 Å². The minimum atomic E-state index is -0.403. The van der Waals surface area contributed by atoms with Gasteiger partial charge in [-0.15, -0.1) is 0 Å². The van der Waals surface area contributed by atoms with Crippen LogP contribution in [0.2, 0.25) is 5.02 Å². The van der Waals surface area contributed by atoms with Crippen LogP contribution in [0.1, 0.15) is 34.6 Å². The molecular weight excluding hydrogens is 1090 g/mol.